The highest BCUT2D eigenvalue weighted by Gasteiger charge is 2.31. The van der Waals surface area contributed by atoms with E-state index < -0.39 is 0 Å². The van der Waals surface area contributed by atoms with Crippen molar-refractivity contribution in [2.75, 3.05) is 4.90 Å². The fourth-order valence-corrected chi connectivity index (χ4v) is 7.24. The second-order valence-corrected chi connectivity index (χ2v) is 11.4. The Morgan fingerprint density at radius 3 is 1.75 bits per heavy atom. The van der Waals surface area contributed by atoms with Gasteiger partial charge >= 0.3 is 0 Å². The first-order chi connectivity index (χ1) is 21.8. The van der Waals surface area contributed by atoms with Crippen LogP contribution in [0.3, 0.4) is 0 Å². The molecule has 0 N–H and O–H groups in total. The van der Waals surface area contributed by atoms with Crippen LogP contribution < -0.4 is 4.90 Å². The first-order valence-corrected chi connectivity index (χ1v) is 14.9. The summed E-state index contributed by atoms with van der Waals surface area (Å²) in [4.78, 5) is 13.2. The van der Waals surface area contributed by atoms with E-state index in [1.54, 1.807) is 0 Å². The molecule has 0 fully saturated rings. The quantitative estimate of drug-likeness (QED) is 0.211. The Labute approximate surface area is 253 Å². The lowest BCUT2D eigenvalue weighted by Crippen LogP contribution is -2.19. The Morgan fingerprint density at radius 1 is 0.409 bits per heavy atom. The minimum absolute atomic E-state index is 0.800. The van der Waals surface area contributed by atoms with E-state index in [4.69, 9.17) is 9.97 Å². The highest BCUT2D eigenvalue weighted by Crippen LogP contribution is 2.53. The first kappa shape index (κ1) is 23.6. The third kappa shape index (κ3) is 3.11. The van der Waals surface area contributed by atoms with Gasteiger partial charge in [0.1, 0.15) is 0 Å². The lowest BCUT2D eigenvalue weighted by atomic mass is 9.88. The SMILES string of the molecule is c1ccc2c3c(ccc2c1)N(c1nc2ccccc2nc1-n1c2ccccc2c2ccccc21)c1cccc2cccc-3c12. The van der Waals surface area contributed by atoms with Gasteiger partial charge in [-0.25, -0.2) is 9.97 Å². The molecule has 0 saturated carbocycles. The van der Waals surface area contributed by atoms with Gasteiger partial charge < -0.3 is 0 Å². The molecule has 7 aromatic carbocycles. The zero-order valence-corrected chi connectivity index (χ0v) is 23.6. The van der Waals surface area contributed by atoms with Gasteiger partial charge in [-0.2, -0.15) is 0 Å². The van der Waals surface area contributed by atoms with Gasteiger partial charge in [0.2, 0.25) is 0 Å². The van der Waals surface area contributed by atoms with Crippen LogP contribution in [-0.4, -0.2) is 14.5 Å². The number of para-hydroxylation sites is 4. The first-order valence-electron chi connectivity index (χ1n) is 14.9. The van der Waals surface area contributed by atoms with E-state index in [9.17, 15) is 0 Å². The van der Waals surface area contributed by atoms with Crippen molar-refractivity contribution in [1.29, 1.82) is 0 Å². The highest BCUT2D eigenvalue weighted by atomic mass is 15.3. The van der Waals surface area contributed by atoms with Crippen LogP contribution in [0.5, 0.6) is 0 Å². The summed E-state index contributed by atoms with van der Waals surface area (Å²) in [7, 11) is 0. The molecular weight excluding hydrogens is 536 g/mol. The molecule has 2 aromatic heterocycles. The predicted octanol–water partition coefficient (Wildman–Crippen LogP) is 10.5. The zero-order chi connectivity index (χ0) is 28.8. The summed E-state index contributed by atoms with van der Waals surface area (Å²) in [6.45, 7) is 0. The highest BCUT2D eigenvalue weighted by molar-refractivity contribution is 6.19. The molecule has 3 heterocycles. The molecule has 10 rings (SSSR count). The Hall–Kier alpha value is -6.00. The van der Waals surface area contributed by atoms with Crippen LogP contribution in [0, 0.1) is 0 Å². The van der Waals surface area contributed by atoms with Gasteiger partial charge in [-0.05, 0) is 58.1 Å². The number of anilines is 3. The monoisotopic (exact) mass is 560 g/mol. The van der Waals surface area contributed by atoms with Crippen LogP contribution in [0.4, 0.5) is 17.2 Å². The van der Waals surface area contributed by atoms with E-state index in [1.807, 2.05) is 12.1 Å². The number of benzene rings is 7. The molecule has 0 atom stereocenters. The van der Waals surface area contributed by atoms with E-state index >= 15 is 0 Å². The minimum Gasteiger partial charge on any atom is -0.291 e. The zero-order valence-electron chi connectivity index (χ0n) is 23.6. The summed E-state index contributed by atoms with van der Waals surface area (Å²) >= 11 is 0. The van der Waals surface area contributed by atoms with E-state index in [2.05, 4.69) is 143 Å². The smallest absolute Gasteiger partial charge is 0.182 e. The average molecular weight is 561 g/mol. The third-order valence-corrected chi connectivity index (χ3v) is 9.08. The number of hydrogen-bond donors (Lipinski definition) is 0. The van der Waals surface area contributed by atoms with Crippen molar-refractivity contribution in [2.24, 2.45) is 0 Å². The lowest BCUT2D eigenvalue weighted by molar-refractivity contribution is 1.05. The third-order valence-electron chi connectivity index (χ3n) is 9.08. The number of fused-ring (bicyclic) bond motifs is 8. The molecule has 204 valence electrons. The molecule has 4 nitrogen and oxygen atoms in total. The topological polar surface area (TPSA) is 34.0 Å². The molecule has 0 bridgehead atoms. The van der Waals surface area contributed by atoms with E-state index in [-0.39, 0.29) is 0 Å². The molecule has 44 heavy (non-hydrogen) atoms. The second kappa shape index (κ2) is 8.76. The summed E-state index contributed by atoms with van der Waals surface area (Å²) in [6.07, 6.45) is 0. The minimum atomic E-state index is 0.800. The Morgan fingerprint density at radius 2 is 1.00 bits per heavy atom. The van der Waals surface area contributed by atoms with E-state index in [0.717, 1.165) is 45.1 Å². The number of aromatic nitrogens is 3. The summed E-state index contributed by atoms with van der Waals surface area (Å²) < 4.78 is 2.29. The van der Waals surface area contributed by atoms with Gasteiger partial charge in [0.25, 0.3) is 0 Å². The molecule has 0 aliphatic carbocycles. The van der Waals surface area contributed by atoms with Gasteiger partial charge in [-0.1, -0.05) is 109 Å². The number of rotatable bonds is 2. The summed E-state index contributed by atoms with van der Waals surface area (Å²) in [6, 6.07) is 51.7. The number of nitrogens with zero attached hydrogens (tertiary/aromatic N) is 4. The molecule has 0 saturated heterocycles. The van der Waals surface area contributed by atoms with Crippen molar-refractivity contribution in [3.63, 3.8) is 0 Å². The van der Waals surface area contributed by atoms with Gasteiger partial charge in [0.15, 0.2) is 11.6 Å². The Balaban J connectivity index is 1.40. The standard InChI is InChI=1S/C40H24N4/c1-2-14-27-25(11-1)23-24-36-38(27)30-17-9-12-26-13-10-22-35(37(26)30)44(36)40-39(41-31-18-5-6-19-32(31)42-40)43-33-20-7-3-15-28(33)29-16-4-8-21-34(29)43/h1-24H. The van der Waals surface area contributed by atoms with Crippen LogP contribution in [-0.2, 0) is 0 Å². The van der Waals surface area contributed by atoms with Gasteiger partial charge in [0, 0.05) is 21.7 Å². The molecule has 1 aliphatic heterocycles. The molecule has 0 spiro atoms. The normalized spacial score (nSPS) is 12.5. The summed E-state index contributed by atoms with van der Waals surface area (Å²) in [5, 5.41) is 7.26. The predicted molar refractivity (Wildman–Crippen MR) is 183 cm³/mol. The molecule has 0 unspecified atom stereocenters. The Bertz CT molecular complexity index is 2570. The van der Waals surface area contributed by atoms with Crippen molar-refractivity contribution in [1.82, 2.24) is 14.5 Å². The molecule has 1 aliphatic rings. The fraction of sp³-hybridized carbons (Fsp3) is 0. The maximum Gasteiger partial charge on any atom is 0.182 e. The average Bonchev–Trinajstić information content (AvgIpc) is 3.42. The van der Waals surface area contributed by atoms with Crippen molar-refractivity contribution in [2.45, 2.75) is 0 Å². The maximum absolute atomic E-state index is 5.45. The van der Waals surface area contributed by atoms with Crippen molar-refractivity contribution >= 4 is 71.6 Å². The fourth-order valence-electron chi connectivity index (χ4n) is 7.24. The molecule has 9 aromatic rings. The van der Waals surface area contributed by atoms with Crippen LogP contribution in [0.1, 0.15) is 0 Å². The molecule has 4 heteroatoms. The van der Waals surface area contributed by atoms with Crippen molar-refractivity contribution in [3.8, 4) is 16.9 Å². The molecule has 0 radical (unpaired) electrons. The van der Waals surface area contributed by atoms with Crippen LogP contribution >= 0.6 is 0 Å². The Kier molecular flexibility index (Phi) is 4.69. The van der Waals surface area contributed by atoms with Gasteiger partial charge in [0.05, 0.1) is 33.4 Å². The van der Waals surface area contributed by atoms with Gasteiger partial charge in [-0.3, -0.25) is 9.47 Å². The van der Waals surface area contributed by atoms with Gasteiger partial charge in [-0.15, -0.1) is 0 Å². The van der Waals surface area contributed by atoms with Crippen LogP contribution in [0.15, 0.2) is 146 Å². The lowest BCUT2D eigenvalue weighted by Gasteiger charge is -2.34. The van der Waals surface area contributed by atoms with Crippen molar-refractivity contribution in [3.05, 3.63) is 146 Å². The maximum atomic E-state index is 5.45. The van der Waals surface area contributed by atoms with E-state index in [0.29, 0.717) is 0 Å². The summed E-state index contributed by atoms with van der Waals surface area (Å²) in [5.41, 5.74) is 8.60. The molecular formula is C40H24N4. The number of hydrogen-bond acceptors (Lipinski definition) is 3. The molecule has 0 amide bonds. The van der Waals surface area contributed by atoms with Crippen LogP contribution in [0.25, 0.3) is 71.3 Å². The van der Waals surface area contributed by atoms with Crippen molar-refractivity contribution < 1.29 is 0 Å². The second-order valence-electron chi connectivity index (χ2n) is 11.4. The van der Waals surface area contributed by atoms with Crippen LogP contribution in [0.2, 0.25) is 0 Å². The summed E-state index contributed by atoms with van der Waals surface area (Å²) in [5.74, 6) is 1.60. The largest absolute Gasteiger partial charge is 0.291 e. The van der Waals surface area contributed by atoms with E-state index in [1.165, 1.54) is 43.4 Å².